The van der Waals surface area contributed by atoms with Gasteiger partial charge in [0.15, 0.2) is 0 Å². The van der Waals surface area contributed by atoms with Crippen LogP contribution < -0.4 is 4.74 Å². The zero-order valence-corrected chi connectivity index (χ0v) is 14.4. The molecule has 0 radical (unpaired) electrons. The minimum absolute atomic E-state index is 0.0423. The van der Waals surface area contributed by atoms with E-state index in [9.17, 15) is 19.7 Å². The van der Waals surface area contributed by atoms with E-state index in [1.807, 2.05) is 0 Å². The molecule has 0 aromatic heterocycles. The number of hydrogen-bond acceptors (Lipinski definition) is 5. The number of amides is 2. The van der Waals surface area contributed by atoms with Gasteiger partial charge in [0.2, 0.25) is 0 Å². The molecule has 0 fully saturated rings. The van der Waals surface area contributed by atoms with E-state index in [4.69, 9.17) is 4.74 Å². The number of para-hydroxylation sites is 2. The molecule has 136 valence electrons. The lowest BCUT2D eigenvalue weighted by molar-refractivity contribution is -0.385. The quantitative estimate of drug-likeness (QED) is 0.384. The highest BCUT2D eigenvalue weighted by Gasteiger charge is 2.47. The van der Waals surface area contributed by atoms with Crippen molar-refractivity contribution in [2.75, 3.05) is 0 Å². The van der Waals surface area contributed by atoms with Crippen LogP contribution in [0.1, 0.15) is 37.9 Å². The van der Waals surface area contributed by atoms with Crippen LogP contribution in [-0.2, 0) is 0 Å². The van der Waals surface area contributed by atoms with Gasteiger partial charge in [0.1, 0.15) is 17.1 Å². The lowest BCUT2D eigenvalue weighted by atomic mass is 9.93. The molecule has 2 aliphatic heterocycles. The number of benzene rings is 3. The average molecular weight is 372 g/mol. The van der Waals surface area contributed by atoms with E-state index in [2.05, 4.69) is 0 Å². The number of fused-ring (bicyclic) bond motifs is 3. The molecule has 3 aromatic carbocycles. The van der Waals surface area contributed by atoms with E-state index in [-0.39, 0.29) is 16.8 Å². The van der Waals surface area contributed by atoms with Crippen LogP contribution in [0.2, 0.25) is 0 Å². The Bertz CT molecular complexity index is 1140. The molecule has 0 saturated carbocycles. The van der Waals surface area contributed by atoms with Gasteiger partial charge in [-0.15, -0.1) is 0 Å². The molecule has 0 N–H and O–H groups in total. The first-order valence-corrected chi connectivity index (χ1v) is 8.59. The number of rotatable bonds is 2. The number of carbonyl (C=O) groups excluding carboxylic acids is 2. The van der Waals surface area contributed by atoms with Gasteiger partial charge in [-0.2, -0.15) is 0 Å². The highest BCUT2D eigenvalue weighted by Crippen LogP contribution is 2.48. The van der Waals surface area contributed by atoms with Crippen molar-refractivity contribution in [1.29, 1.82) is 0 Å². The summed E-state index contributed by atoms with van der Waals surface area (Å²) in [6, 6.07) is 17.7. The van der Waals surface area contributed by atoms with Crippen molar-refractivity contribution < 1.29 is 19.2 Å². The molecule has 7 nitrogen and oxygen atoms in total. The molecule has 0 spiro atoms. The Kier molecular flexibility index (Phi) is 3.33. The monoisotopic (exact) mass is 372 g/mol. The summed E-state index contributed by atoms with van der Waals surface area (Å²) in [5, 5.41) is 11.4. The lowest BCUT2D eigenvalue weighted by Crippen LogP contribution is -2.36. The van der Waals surface area contributed by atoms with Crippen molar-refractivity contribution in [2.24, 2.45) is 0 Å². The summed E-state index contributed by atoms with van der Waals surface area (Å²) in [6.45, 7) is 0. The van der Waals surface area contributed by atoms with E-state index in [1.165, 1.54) is 18.2 Å². The Balaban J connectivity index is 1.73. The maximum absolute atomic E-state index is 13.2. The summed E-state index contributed by atoms with van der Waals surface area (Å²) in [6.07, 6.45) is 0. The predicted octanol–water partition coefficient (Wildman–Crippen LogP) is 4.09. The Labute approximate surface area is 158 Å². The zero-order valence-electron chi connectivity index (χ0n) is 14.4. The van der Waals surface area contributed by atoms with Crippen LogP contribution >= 0.6 is 0 Å². The molecule has 0 bridgehead atoms. The van der Waals surface area contributed by atoms with Crippen LogP contribution in [-0.4, -0.2) is 21.6 Å². The first kappa shape index (κ1) is 16.2. The van der Waals surface area contributed by atoms with Gasteiger partial charge in [-0.05, 0) is 18.2 Å². The van der Waals surface area contributed by atoms with Gasteiger partial charge >= 0.3 is 0 Å². The fourth-order valence-electron chi connectivity index (χ4n) is 3.84. The summed E-state index contributed by atoms with van der Waals surface area (Å²) in [5.41, 5.74) is 0.809. The molecule has 5 rings (SSSR count). The Morgan fingerprint density at radius 3 is 2.04 bits per heavy atom. The first-order chi connectivity index (χ1) is 13.6. The Hall–Kier alpha value is -4.00. The molecular weight excluding hydrogens is 360 g/mol. The van der Waals surface area contributed by atoms with Gasteiger partial charge in [0, 0.05) is 17.2 Å². The normalized spacial score (nSPS) is 14.9. The molecule has 0 unspecified atom stereocenters. The predicted molar refractivity (Wildman–Crippen MR) is 98.4 cm³/mol. The number of nitrogens with zero attached hydrogens (tertiary/aromatic N) is 2. The molecule has 7 heteroatoms. The van der Waals surface area contributed by atoms with E-state index >= 15 is 0 Å². The van der Waals surface area contributed by atoms with Gasteiger partial charge in [0.05, 0.1) is 16.5 Å². The second-order valence-corrected chi connectivity index (χ2v) is 6.52. The van der Waals surface area contributed by atoms with Crippen molar-refractivity contribution in [3.8, 4) is 11.5 Å². The number of nitro benzene ring substituents is 1. The Morgan fingerprint density at radius 1 is 0.821 bits per heavy atom. The van der Waals surface area contributed by atoms with E-state index < -0.39 is 22.8 Å². The minimum Gasteiger partial charge on any atom is -0.457 e. The van der Waals surface area contributed by atoms with Crippen LogP contribution in [0.4, 0.5) is 5.69 Å². The van der Waals surface area contributed by atoms with Crippen LogP contribution in [0.5, 0.6) is 11.5 Å². The summed E-state index contributed by atoms with van der Waals surface area (Å²) >= 11 is 0. The second-order valence-electron chi connectivity index (χ2n) is 6.52. The summed E-state index contributed by atoms with van der Waals surface area (Å²) in [7, 11) is 0. The maximum Gasteiger partial charge on any atom is 0.282 e. The van der Waals surface area contributed by atoms with Gasteiger partial charge in [0.25, 0.3) is 17.5 Å². The fraction of sp³-hybridized carbons (Fsp3) is 0.0476. The van der Waals surface area contributed by atoms with Crippen molar-refractivity contribution in [3.05, 3.63) is 99.1 Å². The smallest absolute Gasteiger partial charge is 0.282 e. The first-order valence-electron chi connectivity index (χ1n) is 8.59. The molecule has 0 saturated heterocycles. The topological polar surface area (TPSA) is 89.8 Å². The number of ether oxygens (including phenoxy) is 1. The second kappa shape index (κ2) is 5.75. The molecule has 0 aliphatic carbocycles. The van der Waals surface area contributed by atoms with E-state index in [0.717, 1.165) is 4.90 Å². The van der Waals surface area contributed by atoms with Crippen molar-refractivity contribution in [2.45, 2.75) is 6.04 Å². The third-order valence-corrected chi connectivity index (χ3v) is 5.03. The van der Waals surface area contributed by atoms with Crippen molar-refractivity contribution in [1.82, 2.24) is 4.90 Å². The number of hydrogen-bond donors (Lipinski definition) is 0. The molecule has 0 atom stereocenters. The zero-order chi connectivity index (χ0) is 19.4. The number of nitro groups is 1. The number of carbonyl (C=O) groups is 2. The highest BCUT2D eigenvalue weighted by atomic mass is 16.6. The number of imide groups is 1. The SMILES string of the molecule is O=C1c2cccc([N+](=O)[O-])c2C(=O)N1C1c2ccccc2Oc2ccccc21. The van der Waals surface area contributed by atoms with E-state index in [0.29, 0.717) is 22.6 Å². The molecular formula is C21H12N2O5. The van der Waals surface area contributed by atoms with Gasteiger partial charge in [-0.1, -0.05) is 42.5 Å². The van der Waals surface area contributed by atoms with Crippen LogP contribution in [0.25, 0.3) is 0 Å². The van der Waals surface area contributed by atoms with Crippen molar-refractivity contribution >= 4 is 17.5 Å². The van der Waals surface area contributed by atoms with Crippen LogP contribution in [0.3, 0.4) is 0 Å². The molecule has 2 aliphatic rings. The Morgan fingerprint density at radius 2 is 1.43 bits per heavy atom. The molecule has 3 aromatic rings. The molecule has 28 heavy (non-hydrogen) atoms. The maximum atomic E-state index is 13.2. The molecule has 2 amide bonds. The summed E-state index contributed by atoms with van der Waals surface area (Å²) < 4.78 is 5.92. The van der Waals surface area contributed by atoms with Crippen LogP contribution in [0.15, 0.2) is 66.7 Å². The summed E-state index contributed by atoms with van der Waals surface area (Å²) in [5.74, 6) is -0.154. The minimum atomic E-state index is -0.729. The third kappa shape index (κ3) is 2.10. The van der Waals surface area contributed by atoms with Gasteiger partial charge in [-0.3, -0.25) is 24.6 Å². The largest absolute Gasteiger partial charge is 0.457 e. The van der Waals surface area contributed by atoms with Crippen LogP contribution in [0, 0.1) is 10.1 Å². The average Bonchev–Trinajstić information content (AvgIpc) is 2.96. The fourth-order valence-corrected chi connectivity index (χ4v) is 3.84. The lowest BCUT2D eigenvalue weighted by Gasteiger charge is -2.33. The van der Waals surface area contributed by atoms with Gasteiger partial charge in [-0.25, -0.2) is 0 Å². The van der Waals surface area contributed by atoms with Gasteiger partial charge < -0.3 is 4.74 Å². The standard InChI is InChI=1S/C21H12N2O5/c24-20-14-8-5-9-15(23(26)27)18(14)21(25)22(20)19-12-6-1-3-10-16(12)28-17-11-4-2-7-13(17)19/h1-11,19H. The highest BCUT2D eigenvalue weighted by molar-refractivity contribution is 6.23. The summed E-state index contributed by atoms with van der Waals surface area (Å²) in [4.78, 5) is 38.2. The van der Waals surface area contributed by atoms with Crippen molar-refractivity contribution in [3.63, 3.8) is 0 Å². The third-order valence-electron chi connectivity index (χ3n) is 5.03. The molecule has 2 heterocycles. The van der Waals surface area contributed by atoms with E-state index in [1.54, 1.807) is 48.5 Å².